The predicted octanol–water partition coefficient (Wildman–Crippen LogP) is 2.66. The Kier molecular flexibility index (Phi) is 9.37. The summed E-state index contributed by atoms with van der Waals surface area (Å²) in [6, 6.07) is 11.0. The smallest absolute Gasteiger partial charge is 0.358 e. The van der Waals surface area contributed by atoms with Gasteiger partial charge in [-0.05, 0) is 6.26 Å². The fraction of sp³-hybridized carbons (Fsp3) is 0.125. The van der Waals surface area contributed by atoms with Crippen molar-refractivity contribution in [3.8, 4) is 0 Å². The molecule has 1 aromatic carbocycles. The van der Waals surface area contributed by atoms with Crippen LogP contribution in [-0.4, -0.2) is 6.26 Å². The third-order valence-electron chi connectivity index (χ3n) is 0.900. The van der Waals surface area contributed by atoms with E-state index >= 15 is 0 Å². The van der Waals surface area contributed by atoms with Crippen molar-refractivity contribution in [2.45, 2.75) is 4.90 Å². The van der Waals surface area contributed by atoms with Crippen molar-refractivity contribution >= 4 is 11.8 Å². The zero-order chi connectivity index (χ0) is 5.82. The molecule has 0 amide bonds. The number of thioether (sulfide) groups is 1. The van der Waals surface area contributed by atoms with Crippen LogP contribution in [0.25, 0.3) is 0 Å². The molecule has 0 bridgehead atoms. The molecule has 1 rings (SSSR count). The molecular weight excluding hydrogens is 194 g/mol. The Morgan fingerprint density at radius 1 is 1.40 bits per heavy atom. The van der Waals surface area contributed by atoms with Crippen LogP contribution in [-0.2, 0) is 19.5 Å². The molecule has 0 fully saturated rings. The molecule has 0 aliphatic heterocycles. The summed E-state index contributed by atoms with van der Waals surface area (Å²) in [5.41, 5.74) is 0. The minimum Gasteiger partial charge on any atom is -0.358 e. The maximum atomic E-state index is 3.08. The van der Waals surface area contributed by atoms with Gasteiger partial charge in [-0.2, -0.15) is 42.1 Å². The maximum Gasteiger partial charge on any atom is 2.00 e. The molecule has 0 N–H and O–H groups in total. The first-order valence-electron chi connectivity index (χ1n) is 2.44. The Bertz CT molecular complexity index is 151. The first kappa shape index (κ1) is 12.8. The van der Waals surface area contributed by atoms with Crippen LogP contribution in [0.5, 0.6) is 0 Å². The second-order valence-electron chi connectivity index (χ2n) is 1.43. The van der Waals surface area contributed by atoms with E-state index in [1.54, 1.807) is 11.8 Å². The summed E-state index contributed by atoms with van der Waals surface area (Å²) in [5.74, 6) is 0. The first-order chi connectivity index (χ1) is 3.93. The van der Waals surface area contributed by atoms with Crippen LogP contribution in [0.3, 0.4) is 0 Å². The molecule has 10 heavy (non-hydrogen) atoms. The fourth-order valence-corrected chi connectivity index (χ4v) is 0.904. The third kappa shape index (κ3) is 4.08. The van der Waals surface area contributed by atoms with Crippen molar-refractivity contribution in [1.82, 2.24) is 0 Å². The van der Waals surface area contributed by atoms with Gasteiger partial charge >= 0.3 is 19.5 Å². The molecule has 0 saturated heterocycles. The standard InChI is InChI=1S/C7H7S.CH3.Zn/c1-8-7-5-3-2-4-6-7;;/h2-5H,1H3;1H3;/q2*-1;+2. The summed E-state index contributed by atoms with van der Waals surface area (Å²) in [6.07, 6.45) is 2.05. The van der Waals surface area contributed by atoms with Gasteiger partial charge in [0.25, 0.3) is 0 Å². The number of benzene rings is 1. The van der Waals surface area contributed by atoms with Gasteiger partial charge in [0.05, 0.1) is 0 Å². The van der Waals surface area contributed by atoms with Crippen molar-refractivity contribution < 1.29 is 19.5 Å². The Balaban J connectivity index is 0. The number of hydrogen-bond donors (Lipinski definition) is 0. The topological polar surface area (TPSA) is 0 Å². The van der Waals surface area contributed by atoms with Crippen LogP contribution in [0.4, 0.5) is 0 Å². The molecule has 0 aliphatic carbocycles. The summed E-state index contributed by atoms with van der Waals surface area (Å²) in [4.78, 5) is 1.20. The summed E-state index contributed by atoms with van der Waals surface area (Å²) in [6.45, 7) is 0. The molecule has 0 nitrogen and oxygen atoms in total. The average Bonchev–Trinajstić information content (AvgIpc) is 1.90. The van der Waals surface area contributed by atoms with E-state index < -0.39 is 0 Å². The van der Waals surface area contributed by atoms with E-state index in [0.717, 1.165) is 0 Å². The Morgan fingerprint density at radius 2 is 2.10 bits per heavy atom. The zero-order valence-corrected chi connectivity index (χ0v) is 10.2. The van der Waals surface area contributed by atoms with Crippen molar-refractivity contribution in [1.29, 1.82) is 0 Å². The normalized spacial score (nSPS) is 7.30. The van der Waals surface area contributed by atoms with Gasteiger partial charge in [-0.15, -0.1) is 4.90 Å². The van der Waals surface area contributed by atoms with Gasteiger partial charge in [0.15, 0.2) is 0 Å². The van der Waals surface area contributed by atoms with Crippen LogP contribution < -0.4 is 0 Å². The first-order valence-corrected chi connectivity index (χ1v) is 3.66. The van der Waals surface area contributed by atoms with Gasteiger partial charge in [-0.3, -0.25) is 0 Å². The van der Waals surface area contributed by atoms with Crippen molar-refractivity contribution in [2.75, 3.05) is 6.26 Å². The summed E-state index contributed by atoms with van der Waals surface area (Å²) >= 11 is 1.71. The van der Waals surface area contributed by atoms with Crippen LogP contribution in [0.2, 0.25) is 0 Å². The molecule has 0 aliphatic rings. The molecule has 1 aromatic rings. The van der Waals surface area contributed by atoms with E-state index in [0.29, 0.717) is 0 Å². The fourth-order valence-electron chi connectivity index (χ4n) is 0.504. The molecular formula is C8H10SZn. The number of hydrogen-bond acceptors (Lipinski definition) is 1. The van der Waals surface area contributed by atoms with Gasteiger partial charge in [0.1, 0.15) is 0 Å². The van der Waals surface area contributed by atoms with Gasteiger partial charge in [-0.25, -0.2) is 0 Å². The van der Waals surface area contributed by atoms with E-state index in [2.05, 4.69) is 6.07 Å². The van der Waals surface area contributed by atoms with Crippen molar-refractivity contribution in [2.24, 2.45) is 0 Å². The second-order valence-corrected chi connectivity index (χ2v) is 2.28. The predicted molar refractivity (Wildman–Crippen MR) is 43.5 cm³/mol. The largest absolute Gasteiger partial charge is 2.00 e. The quantitative estimate of drug-likeness (QED) is 0.384. The summed E-state index contributed by atoms with van der Waals surface area (Å²) < 4.78 is 0. The Morgan fingerprint density at radius 3 is 2.40 bits per heavy atom. The van der Waals surface area contributed by atoms with E-state index in [-0.39, 0.29) is 26.9 Å². The maximum absolute atomic E-state index is 3.08. The van der Waals surface area contributed by atoms with E-state index in [9.17, 15) is 0 Å². The third-order valence-corrected chi connectivity index (χ3v) is 1.59. The minimum atomic E-state index is 0. The van der Waals surface area contributed by atoms with Crippen LogP contribution in [0.15, 0.2) is 29.2 Å². The van der Waals surface area contributed by atoms with Crippen molar-refractivity contribution in [3.63, 3.8) is 0 Å². The SMILES string of the molecule is CSc1[c-]cccc1.[CH3-].[Zn+2]. The Hall–Kier alpha value is 0.193. The van der Waals surface area contributed by atoms with Gasteiger partial charge in [-0.1, -0.05) is 0 Å². The second kappa shape index (κ2) is 7.30. The molecule has 0 saturated carbocycles. The molecule has 50 valence electrons. The molecule has 0 spiro atoms. The average molecular weight is 204 g/mol. The molecule has 0 radical (unpaired) electrons. The van der Waals surface area contributed by atoms with E-state index in [1.807, 2.05) is 30.5 Å². The number of rotatable bonds is 1. The van der Waals surface area contributed by atoms with E-state index in [1.165, 1.54) is 4.90 Å². The van der Waals surface area contributed by atoms with Crippen LogP contribution in [0, 0.1) is 13.5 Å². The molecule has 0 unspecified atom stereocenters. The van der Waals surface area contributed by atoms with Gasteiger partial charge in [0, 0.05) is 0 Å². The zero-order valence-electron chi connectivity index (χ0n) is 6.42. The summed E-state index contributed by atoms with van der Waals surface area (Å²) in [5, 5.41) is 0. The minimum absolute atomic E-state index is 0. The molecule has 2 heteroatoms. The van der Waals surface area contributed by atoms with Gasteiger partial charge < -0.3 is 7.43 Å². The molecule has 0 heterocycles. The van der Waals surface area contributed by atoms with Gasteiger partial charge in [0.2, 0.25) is 0 Å². The van der Waals surface area contributed by atoms with E-state index in [4.69, 9.17) is 0 Å². The summed E-state index contributed by atoms with van der Waals surface area (Å²) in [7, 11) is 0. The van der Waals surface area contributed by atoms with Crippen molar-refractivity contribution in [3.05, 3.63) is 37.8 Å². The monoisotopic (exact) mass is 202 g/mol. The van der Waals surface area contributed by atoms with Crippen LogP contribution in [0.1, 0.15) is 0 Å². The molecule has 0 aromatic heterocycles. The van der Waals surface area contributed by atoms with Crippen LogP contribution >= 0.6 is 11.8 Å². The Labute approximate surface area is 80.2 Å². The molecule has 0 atom stereocenters.